The first-order valence-corrected chi connectivity index (χ1v) is 5.58. The molecule has 0 spiro atoms. The van der Waals surface area contributed by atoms with Crippen LogP contribution in [0, 0.1) is 0 Å². The van der Waals surface area contributed by atoms with Gasteiger partial charge in [0, 0.05) is 11.8 Å². The van der Waals surface area contributed by atoms with Gasteiger partial charge in [-0.25, -0.2) is 9.62 Å². The number of aromatic nitrogens is 2. The molecule has 0 saturated carbocycles. The average molecular weight is 254 g/mol. The maximum absolute atomic E-state index is 9.92. The van der Waals surface area contributed by atoms with Gasteiger partial charge in [-0.3, -0.25) is 0 Å². The van der Waals surface area contributed by atoms with Crippen molar-refractivity contribution in [3.05, 3.63) is 42.0 Å². The van der Waals surface area contributed by atoms with Crippen LogP contribution in [-0.2, 0) is 0 Å². The van der Waals surface area contributed by atoms with Crippen LogP contribution in [0.3, 0.4) is 0 Å². The van der Waals surface area contributed by atoms with Crippen LogP contribution in [0.4, 0.5) is 11.6 Å². The highest BCUT2D eigenvalue weighted by Gasteiger charge is 2.06. The lowest BCUT2D eigenvalue weighted by Gasteiger charge is -2.03. The van der Waals surface area contributed by atoms with Gasteiger partial charge in [0.2, 0.25) is 11.6 Å². The molecule has 3 N–H and O–H groups in total. The van der Waals surface area contributed by atoms with E-state index in [1.165, 1.54) is 6.21 Å². The van der Waals surface area contributed by atoms with Gasteiger partial charge in [0.25, 0.3) is 0 Å². The third-order valence-electron chi connectivity index (χ3n) is 2.76. The molecule has 94 valence electrons. The number of fused-ring (bicyclic) bond motifs is 1. The van der Waals surface area contributed by atoms with Crippen LogP contribution in [-0.4, -0.2) is 21.6 Å². The fraction of sp³-hybridized carbons (Fsp3) is 0. The second-order valence-electron chi connectivity index (χ2n) is 3.95. The largest absolute Gasteiger partial charge is 0.507 e. The molecule has 3 rings (SSSR count). The number of nitrogens with two attached hydrogens (primary N) is 1. The molecule has 2 aromatic carbocycles. The highest BCUT2D eigenvalue weighted by molar-refractivity contribution is 6.03. The Kier molecular flexibility index (Phi) is 2.60. The van der Waals surface area contributed by atoms with Crippen molar-refractivity contribution < 1.29 is 9.74 Å². The van der Waals surface area contributed by atoms with E-state index in [2.05, 4.69) is 19.9 Å². The monoisotopic (exact) mass is 254 g/mol. The Morgan fingerprint density at radius 3 is 2.79 bits per heavy atom. The summed E-state index contributed by atoms with van der Waals surface area (Å²) in [6, 6.07) is 11.1. The maximum Gasteiger partial charge on any atom is 0.240 e. The number of hydrogen-bond donors (Lipinski definition) is 2. The van der Waals surface area contributed by atoms with E-state index in [0.717, 1.165) is 10.8 Å². The molecular formula is C13H10N4O2. The van der Waals surface area contributed by atoms with Crippen molar-refractivity contribution in [2.45, 2.75) is 0 Å². The Bertz CT molecular complexity index is 764. The second-order valence-corrected chi connectivity index (χ2v) is 3.95. The predicted octanol–water partition coefficient (Wildman–Crippen LogP) is 2.26. The number of phenols is 1. The minimum Gasteiger partial charge on any atom is -0.507 e. The zero-order valence-electron chi connectivity index (χ0n) is 9.82. The summed E-state index contributed by atoms with van der Waals surface area (Å²) >= 11 is 0. The molecule has 19 heavy (non-hydrogen) atoms. The molecule has 1 heterocycles. The Morgan fingerprint density at radius 1 is 1.16 bits per heavy atom. The minimum absolute atomic E-state index is 0.107. The molecule has 0 aliphatic carbocycles. The van der Waals surface area contributed by atoms with Crippen LogP contribution in [0.5, 0.6) is 5.75 Å². The molecule has 6 heteroatoms. The fourth-order valence-corrected chi connectivity index (χ4v) is 1.83. The molecule has 0 bridgehead atoms. The SMILES string of the molecule is Nc1nonc1N=Cc1c(O)ccc2ccccc12. The molecule has 6 nitrogen and oxygen atoms in total. The van der Waals surface area contributed by atoms with Gasteiger partial charge >= 0.3 is 0 Å². The lowest BCUT2D eigenvalue weighted by molar-refractivity contribution is 0.310. The lowest BCUT2D eigenvalue weighted by Crippen LogP contribution is -1.87. The van der Waals surface area contributed by atoms with E-state index in [1.807, 2.05) is 30.3 Å². The molecule has 0 saturated heterocycles. The number of aromatic hydroxyl groups is 1. The highest BCUT2D eigenvalue weighted by Crippen LogP contribution is 2.26. The van der Waals surface area contributed by atoms with Crippen LogP contribution in [0.15, 0.2) is 46.0 Å². The Labute approximate surface area is 108 Å². The van der Waals surface area contributed by atoms with E-state index < -0.39 is 0 Å². The van der Waals surface area contributed by atoms with Gasteiger partial charge in [0.15, 0.2) is 0 Å². The van der Waals surface area contributed by atoms with Crippen molar-refractivity contribution in [2.75, 3.05) is 5.73 Å². The molecule has 0 atom stereocenters. The minimum atomic E-state index is 0.107. The van der Waals surface area contributed by atoms with E-state index in [4.69, 9.17) is 5.73 Å². The normalized spacial score (nSPS) is 11.4. The van der Waals surface area contributed by atoms with Crippen molar-refractivity contribution >= 4 is 28.6 Å². The summed E-state index contributed by atoms with van der Waals surface area (Å²) in [7, 11) is 0. The van der Waals surface area contributed by atoms with E-state index >= 15 is 0 Å². The Balaban J connectivity index is 2.12. The number of hydrogen-bond acceptors (Lipinski definition) is 6. The number of aliphatic imine (C=N–C) groups is 1. The van der Waals surface area contributed by atoms with E-state index in [9.17, 15) is 5.11 Å². The first-order valence-electron chi connectivity index (χ1n) is 5.58. The first kappa shape index (κ1) is 11.2. The number of rotatable bonds is 2. The molecule has 0 radical (unpaired) electrons. The third kappa shape index (κ3) is 1.99. The summed E-state index contributed by atoms with van der Waals surface area (Å²) < 4.78 is 4.45. The van der Waals surface area contributed by atoms with Crippen LogP contribution >= 0.6 is 0 Å². The second kappa shape index (κ2) is 4.41. The first-order chi connectivity index (χ1) is 9.25. The average Bonchev–Trinajstić information content (AvgIpc) is 2.83. The van der Waals surface area contributed by atoms with Crippen LogP contribution in [0.2, 0.25) is 0 Å². The van der Waals surface area contributed by atoms with Crippen LogP contribution in [0.1, 0.15) is 5.56 Å². The van der Waals surface area contributed by atoms with E-state index in [0.29, 0.717) is 5.56 Å². The molecule has 0 fully saturated rings. The molecule has 3 aromatic rings. The predicted molar refractivity (Wildman–Crippen MR) is 71.6 cm³/mol. The third-order valence-corrected chi connectivity index (χ3v) is 2.76. The molecule has 0 aliphatic rings. The van der Waals surface area contributed by atoms with Gasteiger partial charge in [-0.05, 0) is 27.2 Å². The van der Waals surface area contributed by atoms with Crippen LogP contribution in [0.25, 0.3) is 10.8 Å². The molecule has 1 aromatic heterocycles. The zero-order chi connectivity index (χ0) is 13.2. The topological polar surface area (TPSA) is 97.5 Å². The summed E-state index contributed by atoms with van der Waals surface area (Å²) in [4.78, 5) is 4.07. The van der Waals surface area contributed by atoms with Crippen molar-refractivity contribution in [3.8, 4) is 5.75 Å². The number of phenolic OH excluding ortho intramolecular Hbond substituents is 1. The fourth-order valence-electron chi connectivity index (χ4n) is 1.83. The summed E-state index contributed by atoms with van der Waals surface area (Å²) in [5.41, 5.74) is 6.11. The summed E-state index contributed by atoms with van der Waals surface area (Å²) in [5, 5.41) is 18.8. The van der Waals surface area contributed by atoms with Crippen molar-refractivity contribution in [1.29, 1.82) is 0 Å². The standard InChI is InChI=1S/C13H10N4O2/c14-12-13(17-19-16-12)15-7-10-9-4-2-1-3-8(9)5-6-11(10)18/h1-7,18H,(H2,14,16). The maximum atomic E-state index is 9.92. The molecule has 0 amide bonds. The van der Waals surface area contributed by atoms with Crippen molar-refractivity contribution in [1.82, 2.24) is 10.3 Å². The Morgan fingerprint density at radius 2 is 2.00 bits per heavy atom. The quantitative estimate of drug-likeness (QED) is 0.683. The van der Waals surface area contributed by atoms with Gasteiger partial charge in [-0.1, -0.05) is 30.3 Å². The van der Waals surface area contributed by atoms with Crippen molar-refractivity contribution in [2.24, 2.45) is 4.99 Å². The number of anilines is 1. The lowest BCUT2D eigenvalue weighted by atomic mass is 10.0. The molecule has 0 aliphatic heterocycles. The highest BCUT2D eigenvalue weighted by atomic mass is 16.6. The molecule has 0 unspecified atom stereocenters. The van der Waals surface area contributed by atoms with Crippen LogP contribution < -0.4 is 5.73 Å². The van der Waals surface area contributed by atoms with Gasteiger partial charge < -0.3 is 10.8 Å². The number of benzene rings is 2. The van der Waals surface area contributed by atoms with E-state index in [-0.39, 0.29) is 17.4 Å². The van der Waals surface area contributed by atoms with Gasteiger partial charge in [-0.2, -0.15) is 0 Å². The summed E-state index contributed by atoms with van der Waals surface area (Å²) in [5.74, 6) is 0.431. The van der Waals surface area contributed by atoms with E-state index in [1.54, 1.807) is 6.07 Å². The smallest absolute Gasteiger partial charge is 0.240 e. The van der Waals surface area contributed by atoms with Crippen molar-refractivity contribution in [3.63, 3.8) is 0 Å². The van der Waals surface area contributed by atoms with Gasteiger partial charge in [0.05, 0.1) is 0 Å². The summed E-state index contributed by atoms with van der Waals surface area (Å²) in [6.45, 7) is 0. The number of nitrogens with zero attached hydrogens (tertiary/aromatic N) is 3. The number of nitrogen functional groups attached to an aromatic ring is 1. The molecular weight excluding hydrogens is 244 g/mol. The summed E-state index contributed by atoms with van der Waals surface area (Å²) in [6.07, 6.45) is 1.49. The zero-order valence-corrected chi connectivity index (χ0v) is 9.82. The van der Waals surface area contributed by atoms with Gasteiger partial charge in [-0.15, -0.1) is 0 Å². The van der Waals surface area contributed by atoms with Gasteiger partial charge in [0.1, 0.15) is 5.75 Å². The Hall–Kier alpha value is -2.89.